The highest BCUT2D eigenvalue weighted by Crippen LogP contribution is 2.34. The van der Waals surface area contributed by atoms with E-state index in [1.807, 2.05) is 6.92 Å². The molecule has 366 valence electrons. The van der Waals surface area contributed by atoms with Crippen LogP contribution in [0.4, 0.5) is 11.4 Å². The van der Waals surface area contributed by atoms with Crippen LogP contribution in [0.2, 0.25) is 0 Å². The fraction of sp³-hybridized carbons (Fsp3) is 0.210. The van der Waals surface area contributed by atoms with Crippen LogP contribution in [-0.4, -0.2) is 19.1 Å². The van der Waals surface area contributed by atoms with Crippen LogP contribution in [0.25, 0.3) is 45.1 Å². The van der Waals surface area contributed by atoms with Crippen molar-refractivity contribution in [1.29, 1.82) is 0 Å². The lowest BCUT2D eigenvalue weighted by molar-refractivity contribution is -0.668. The van der Waals surface area contributed by atoms with Crippen molar-refractivity contribution in [1.82, 2.24) is 0 Å². The molecule has 5 aromatic carbocycles. The van der Waals surface area contributed by atoms with Gasteiger partial charge in [-0.05, 0) is 105 Å². The number of allylic oxidation sites excluding steroid dienone is 8. The molecule has 0 saturated heterocycles. The molecule has 2 aromatic heterocycles. The third kappa shape index (κ3) is 14.1. The highest BCUT2D eigenvalue weighted by atomic mass is 127. The molecule has 4 heterocycles. The summed E-state index contributed by atoms with van der Waals surface area (Å²) in [5.74, 6) is -0.843. The maximum atomic E-state index is 10.6. The zero-order chi connectivity index (χ0) is 45.5. The average molecular weight is 1050 g/mol. The summed E-state index contributed by atoms with van der Waals surface area (Å²) in [4.78, 5) is 18.4. The minimum absolute atomic E-state index is 0. The van der Waals surface area contributed by atoms with E-state index in [2.05, 4.69) is 234 Å². The topological polar surface area (TPSA) is 63.6 Å². The molecule has 0 fully saturated rings. The Morgan fingerprint density at radius 2 is 0.957 bits per heavy atom. The second kappa shape index (κ2) is 29.2. The lowest BCUT2D eigenvalue weighted by Gasteiger charge is -2.26. The minimum Gasteiger partial charge on any atom is -1.00 e. The van der Waals surface area contributed by atoms with E-state index in [4.69, 9.17) is 0 Å². The number of rotatable bonds is 9. The number of carbonyl (C=O) groups excluding carboxylic acids is 1. The molecule has 0 aliphatic carbocycles. The number of hydrogen-bond donors (Lipinski definition) is 0. The van der Waals surface area contributed by atoms with E-state index in [-0.39, 0.29) is 59.2 Å². The van der Waals surface area contributed by atoms with Crippen molar-refractivity contribution in [2.24, 2.45) is 0 Å². The first-order chi connectivity index (χ1) is 31.9. The molecule has 0 N–H and O–H groups in total. The summed E-state index contributed by atoms with van der Waals surface area (Å²) in [6, 6.07) is 45.4. The minimum atomic E-state index is -0.843. The molecular formula is C62H73IN4O3. The van der Waals surface area contributed by atoms with E-state index in [0.29, 0.717) is 0 Å². The van der Waals surface area contributed by atoms with Gasteiger partial charge in [0.15, 0.2) is 12.4 Å². The lowest BCUT2D eigenvalue weighted by Crippen LogP contribution is -3.00. The Morgan fingerprint density at radius 3 is 1.36 bits per heavy atom. The summed E-state index contributed by atoms with van der Waals surface area (Å²) < 4.78 is 4.56. The van der Waals surface area contributed by atoms with Crippen molar-refractivity contribution in [3.63, 3.8) is 0 Å². The molecule has 0 radical (unpaired) electrons. The second-order valence-corrected chi connectivity index (χ2v) is 15.6. The predicted octanol–water partition coefficient (Wildman–Crippen LogP) is 11.2. The van der Waals surface area contributed by atoms with Gasteiger partial charge in [-0.2, -0.15) is 9.13 Å². The van der Waals surface area contributed by atoms with Gasteiger partial charge in [-0.15, -0.1) is 0 Å². The van der Waals surface area contributed by atoms with Gasteiger partial charge < -0.3 is 43.9 Å². The van der Waals surface area contributed by atoms with Gasteiger partial charge in [-0.3, -0.25) is 0 Å². The number of hydrogen-bond acceptors (Lipinski definition) is 5. The third-order valence-electron chi connectivity index (χ3n) is 11.7. The first-order valence-corrected chi connectivity index (χ1v) is 22.5. The SMILES string of the molecule is C.C.C.C.CCN1C=CC(=CC=Cc2cc[n+](CC)c3ccccc23)c2ccccc21.CCN1C=CC(=CC=Cc2cc[n+](CC)c3ccccc23)c2ccccc21.Cc1ccc(C(=O)O[O-])cc1.[I-]. The monoisotopic (exact) mass is 1050 g/mol. The number of benzene rings is 5. The van der Waals surface area contributed by atoms with Gasteiger partial charge in [0.2, 0.25) is 11.0 Å². The summed E-state index contributed by atoms with van der Waals surface area (Å²) >= 11 is 0. The zero-order valence-corrected chi connectivity index (χ0v) is 40.5. The Balaban J connectivity index is 0.000000374. The highest BCUT2D eigenvalue weighted by molar-refractivity contribution is 5.91. The lowest BCUT2D eigenvalue weighted by atomic mass is 9.99. The van der Waals surface area contributed by atoms with E-state index in [1.54, 1.807) is 24.3 Å². The third-order valence-corrected chi connectivity index (χ3v) is 11.7. The van der Waals surface area contributed by atoms with E-state index >= 15 is 0 Å². The number of fused-ring (bicyclic) bond motifs is 4. The van der Waals surface area contributed by atoms with Crippen LogP contribution in [0.15, 0.2) is 195 Å². The van der Waals surface area contributed by atoms with Gasteiger partial charge in [0.1, 0.15) is 13.1 Å². The largest absolute Gasteiger partial charge is 1.00 e. The summed E-state index contributed by atoms with van der Waals surface area (Å²) in [6.07, 6.45) is 26.2. The molecule has 2 aliphatic rings. The average Bonchev–Trinajstić information content (AvgIpc) is 3.36. The number of halogens is 1. The van der Waals surface area contributed by atoms with Crippen LogP contribution in [0.1, 0.15) is 95.6 Å². The number of anilines is 2. The number of pyridine rings is 2. The molecule has 7 nitrogen and oxygen atoms in total. The number of aryl methyl sites for hydroxylation is 3. The fourth-order valence-electron chi connectivity index (χ4n) is 8.17. The molecule has 7 aromatic rings. The van der Waals surface area contributed by atoms with Crippen LogP contribution < -0.4 is 48.2 Å². The Labute approximate surface area is 436 Å². The second-order valence-electron chi connectivity index (χ2n) is 15.6. The van der Waals surface area contributed by atoms with Gasteiger partial charge in [0.25, 0.3) is 0 Å². The Bertz CT molecular complexity index is 2790. The Hall–Kier alpha value is -6.88. The van der Waals surface area contributed by atoms with Crippen LogP contribution in [-0.2, 0) is 18.0 Å². The van der Waals surface area contributed by atoms with Crippen molar-refractivity contribution < 1.29 is 48.1 Å². The van der Waals surface area contributed by atoms with E-state index in [1.165, 1.54) is 66.6 Å². The number of aromatic nitrogens is 2. The van der Waals surface area contributed by atoms with Crippen LogP contribution in [0, 0.1) is 6.92 Å². The van der Waals surface area contributed by atoms with Crippen molar-refractivity contribution in [2.45, 2.75) is 77.4 Å². The van der Waals surface area contributed by atoms with Crippen molar-refractivity contribution >= 4 is 62.4 Å². The normalized spacial score (nSPS) is 13.1. The number of para-hydroxylation sites is 4. The molecule has 0 spiro atoms. The smallest absolute Gasteiger partial charge is 0.332 e. The molecule has 2 aliphatic heterocycles. The zero-order valence-electron chi connectivity index (χ0n) is 38.3. The summed E-state index contributed by atoms with van der Waals surface area (Å²) in [5, 5.41) is 12.2. The molecule has 0 saturated carbocycles. The molecule has 0 atom stereocenters. The van der Waals surface area contributed by atoms with Crippen molar-refractivity contribution in [2.75, 3.05) is 22.9 Å². The van der Waals surface area contributed by atoms with Gasteiger partial charge in [-0.25, -0.2) is 4.79 Å². The molecule has 0 amide bonds. The standard InChI is InChI=1S/2C25H25N2.C8H8O3.4CH4.HI/c2*1-3-26-18-16-20(22-12-5-7-14-24(22)26)10-9-11-21-17-19-27(4-2)25-15-8-6-13-23(21)25;1-6-2-4-7(5-3-6)8(9)11-10;;;;;/h2*5-19H,3-4H2,1-2H3;2-5,10H,1H3;4*1H4;1H/q2*+1;;;;;;/p-2. The summed E-state index contributed by atoms with van der Waals surface area (Å²) in [7, 11) is 0. The molecule has 0 unspecified atom stereocenters. The van der Waals surface area contributed by atoms with Gasteiger partial charge in [0.05, 0.1) is 16.3 Å². The van der Waals surface area contributed by atoms with E-state index < -0.39 is 5.97 Å². The van der Waals surface area contributed by atoms with Crippen LogP contribution >= 0.6 is 0 Å². The highest BCUT2D eigenvalue weighted by Gasteiger charge is 2.16. The fourth-order valence-corrected chi connectivity index (χ4v) is 8.17. The maximum Gasteiger partial charge on any atom is 0.332 e. The predicted molar refractivity (Wildman–Crippen MR) is 294 cm³/mol. The summed E-state index contributed by atoms with van der Waals surface area (Å²) in [6.45, 7) is 14.5. The van der Waals surface area contributed by atoms with Crippen LogP contribution in [0.5, 0.6) is 0 Å². The Kier molecular flexibility index (Phi) is 24.7. The quantitative estimate of drug-likeness (QED) is 0.0624. The van der Waals surface area contributed by atoms with Crippen LogP contribution in [0.3, 0.4) is 0 Å². The first kappa shape index (κ1) is 59.2. The van der Waals surface area contributed by atoms with Gasteiger partial charge >= 0.3 is 5.97 Å². The van der Waals surface area contributed by atoms with Crippen molar-refractivity contribution in [3.8, 4) is 0 Å². The molecule has 9 rings (SSSR count). The number of carbonyl (C=O) groups is 1. The molecule has 8 heteroatoms. The van der Waals surface area contributed by atoms with Crippen molar-refractivity contribution in [3.05, 3.63) is 228 Å². The van der Waals surface area contributed by atoms with E-state index in [9.17, 15) is 10.1 Å². The Morgan fingerprint density at radius 1 is 0.557 bits per heavy atom. The summed E-state index contributed by atoms with van der Waals surface area (Å²) in [5.41, 5.74) is 14.0. The maximum absolute atomic E-state index is 10.6. The first-order valence-electron chi connectivity index (χ1n) is 22.5. The van der Waals surface area contributed by atoms with Gasteiger partial charge in [0, 0.05) is 72.3 Å². The molecule has 70 heavy (non-hydrogen) atoms. The van der Waals surface area contributed by atoms with E-state index in [0.717, 1.165) is 31.7 Å². The molecular weight excluding hydrogens is 976 g/mol. The number of nitrogens with zero attached hydrogens (tertiary/aromatic N) is 4. The van der Waals surface area contributed by atoms with Gasteiger partial charge in [-0.1, -0.05) is 145 Å². The molecule has 0 bridgehead atoms.